The number of rotatable bonds is 9. The quantitative estimate of drug-likeness (QED) is 0.344. The third kappa shape index (κ3) is 9.11. The van der Waals surface area contributed by atoms with Crippen LogP contribution in [0.15, 0.2) is 10.1 Å². The molecule has 0 atom stereocenters. The van der Waals surface area contributed by atoms with E-state index < -0.39 is 22.2 Å². The molecule has 112 valence electrons. The lowest BCUT2D eigenvalue weighted by Crippen LogP contribution is -2.36. The van der Waals surface area contributed by atoms with Gasteiger partial charge in [0.2, 0.25) is 0 Å². The van der Waals surface area contributed by atoms with Gasteiger partial charge in [-0.2, -0.15) is 0 Å². The molecule has 0 aromatic carbocycles. The maximum Gasteiger partial charge on any atom is 0.294 e. The molecule has 0 rings (SSSR count). The molecule has 0 aliphatic carbocycles. The van der Waals surface area contributed by atoms with E-state index >= 15 is 0 Å². The molecule has 0 aromatic heterocycles. The first-order chi connectivity index (χ1) is 8.68. The average Bonchev–Trinajstić information content (AvgIpc) is 2.20. The molecule has 0 saturated heterocycles. The van der Waals surface area contributed by atoms with Gasteiger partial charge < -0.3 is 0 Å². The van der Waals surface area contributed by atoms with Gasteiger partial charge >= 0.3 is 0 Å². The predicted molar refractivity (Wildman–Crippen MR) is 96.0 cm³/mol. The Balaban J connectivity index is 5.06. The van der Waals surface area contributed by atoms with E-state index in [0.29, 0.717) is 0 Å². The first-order valence-electron chi connectivity index (χ1n) is 8.39. The van der Waals surface area contributed by atoms with Crippen LogP contribution in [0.4, 0.5) is 0 Å². The van der Waals surface area contributed by atoms with Crippen molar-refractivity contribution in [2.75, 3.05) is 0 Å². The third-order valence-electron chi connectivity index (χ3n) is 3.74. The van der Waals surface area contributed by atoms with Crippen molar-refractivity contribution in [1.82, 2.24) is 0 Å². The molecule has 0 aliphatic rings. The first kappa shape index (κ1) is 19.5. The molecule has 0 heterocycles. The fourth-order valence-corrected chi connectivity index (χ4v) is 12.9. The second kappa shape index (κ2) is 9.43. The van der Waals surface area contributed by atoms with Crippen molar-refractivity contribution in [3.05, 3.63) is 10.1 Å². The summed E-state index contributed by atoms with van der Waals surface area (Å²) < 4.78 is 1.99. The topological polar surface area (TPSA) is 0 Å². The van der Waals surface area contributed by atoms with E-state index in [-0.39, 0.29) is 0 Å². The van der Waals surface area contributed by atoms with Gasteiger partial charge in [0.15, 0.2) is 0 Å². The highest BCUT2D eigenvalue weighted by atomic mass is 28.3. The Hall–Kier alpha value is 0.489. The summed E-state index contributed by atoms with van der Waals surface area (Å²) in [6.45, 7) is 19.6. The lowest BCUT2D eigenvalue weighted by atomic mass is 10.2. The SMILES string of the molecule is CCCC/C=[C](/[Al]([CH2]C(C)C)[CH2]C(C)C)[Si](C)(C)C. The van der Waals surface area contributed by atoms with Gasteiger partial charge in [0.25, 0.3) is 14.1 Å². The van der Waals surface area contributed by atoms with Gasteiger partial charge in [-0.05, 0) is 6.42 Å². The summed E-state index contributed by atoms with van der Waals surface area (Å²) in [5, 5.41) is 3.03. The molecule has 0 bridgehead atoms. The van der Waals surface area contributed by atoms with Gasteiger partial charge in [0.05, 0.1) is 8.07 Å². The Kier molecular flexibility index (Phi) is 9.67. The van der Waals surface area contributed by atoms with Crippen LogP contribution in [0.2, 0.25) is 30.2 Å². The Morgan fingerprint density at radius 1 is 1.00 bits per heavy atom. The van der Waals surface area contributed by atoms with Crippen molar-refractivity contribution in [3.63, 3.8) is 0 Å². The minimum Gasteiger partial charge on any atom is -0.144 e. The molecule has 0 spiro atoms. The van der Waals surface area contributed by atoms with E-state index in [1.165, 1.54) is 29.8 Å². The van der Waals surface area contributed by atoms with Gasteiger partial charge in [-0.3, -0.25) is 0 Å². The third-order valence-corrected chi connectivity index (χ3v) is 13.6. The zero-order chi connectivity index (χ0) is 15.1. The summed E-state index contributed by atoms with van der Waals surface area (Å²) in [5.74, 6) is 1.75. The molecule has 0 nitrogen and oxygen atoms in total. The van der Waals surface area contributed by atoms with Crippen molar-refractivity contribution < 1.29 is 0 Å². The zero-order valence-corrected chi connectivity index (χ0v) is 17.0. The van der Waals surface area contributed by atoms with E-state index in [4.69, 9.17) is 0 Å². The van der Waals surface area contributed by atoms with Gasteiger partial charge in [-0.1, -0.05) is 89.5 Å². The summed E-state index contributed by atoms with van der Waals surface area (Å²) in [6.07, 6.45) is 6.72. The van der Waals surface area contributed by atoms with E-state index in [1.807, 2.05) is 4.06 Å². The van der Waals surface area contributed by atoms with Crippen LogP contribution < -0.4 is 0 Å². The monoisotopic (exact) mass is 296 g/mol. The highest BCUT2D eigenvalue weighted by Gasteiger charge is 2.31. The lowest BCUT2D eigenvalue weighted by Gasteiger charge is -2.29. The van der Waals surface area contributed by atoms with Gasteiger partial charge in [-0.15, -0.1) is 10.1 Å². The maximum atomic E-state index is 2.69. The lowest BCUT2D eigenvalue weighted by molar-refractivity contribution is 0.693. The van der Waals surface area contributed by atoms with Crippen molar-refractivity contribution in [2.24, 2.45) is 11.8 Å². The van der Waals surface area contributed by atoms with Crippen LogP contribution in [-0.4, -0.2) is 22.2 Å². The molecule has 0 unspecified atom stereocenters. The van der Waals surface area contributed by atoms with Crippen molar-refractivity contribution in [3.8, 4) is 0 Å². The number of hydrogen-bond acceptors (Lipinski definition) is 0. The summed E-state index contributed by atoms with van der Waals surface area (Å²) in [6, 6.07) is 0. The van der Waals surface area contributed by atoms with Crippen LogP contribution in [0.3, 0.4) is 0 Å². The minimum atomic E-state index is -1.11. The summed E-state index contributed by atoms with van der Waals surface area (Å²) in [5.41, 5.74) is 0. The summed E-state index contributed by atoms with van der Waals surface area (Å²) >= 11 is -0.709. The molecule has 0 saturated carbocycles. The van der Waals surface area contributed by atoms with Crippen LogP contribution >= 0.6 is 0 Å². The summed E-state index contributed by atoms with van der Waals surface area (Å²) in [7, 11) is -1.11. The Morgan fingerprint density at radius 3 is 1.79 bits per heavy atom. The van der Waals surface area contributed by atoms with Crippen molar-refractivity contribution >= 4 is 22.2 Å². The fourth-order valence-electron chi connectivity index (χ4n) is 3.04. The van der Waals surface area contributed by atoms with E-state index in [9.17, 15) is 0 Å². The van der Waals surface area contributed by atoms with Gasteiger partial charge in [-0.25, -0.2) is 0 Å². The Labute approximate surface area is 128 Å². The molecule has 2 heteroatoms. The molecular formula is C17H37AlSi. The minimum absolute atomic E-state index is 0.709. The average molecular weight is 297 g/mol. The van der Waals surface area contributed by atoms with Crippen LogP contribution in [0.1, 0.15) is 53.9 Å². The van der Waals surface area contributed by atoms with Crippen molar-refractivity contribution in [1.29, 1.82) is 0 Å². The first-order valence-corrected chi connectivity index (χ1v) is 14.1. The van der Waals surface area contributed by atoms with Crippen molar-refractivity contribution in [2.45, 2.75) is 84.1 Å². The molecular weight excluding hydrogens is 259 g/mol. The van der Waals surface area contributed by atoms with Gasteiger partial charge in [0.1, 0.15) is 0 Å². The normalized spacial score (nSPS) is 13.5. The second-order valence-corrected chi connectivity index (χ2v) is 16.6. The largest absolute Gasteiger partial charge is 0.294 e. The Morgan fingerprint density at radius 2 is 1.47 bits per heavy atom. The Bertz CT molecular complexity index is 251. The maximum absolute atomic E-state index is 2.69. The van der Waals surface area contributed by atoms with Crippen LogP contribution in [0, 0.1) is 11.8 Å². The summed E-state index contributed by atoms with van der Waals surface area (Å²) in [4.78, 5) is 0. The molecule has 0 N–H and O–H groups in total. The highest BCUT2D eigenvalue weighted by molar-refractivity contribution is 6.98. The van der Waals surface area contributed by atoms with E-state index in [1.54, 1.807) is 0 Å². The zero-order valence-electron chi connectivity index (χ0n) is 14.8. The van der Waals surface area contributed by atoms with Crippen LogP contribution in [0.25, 0.3) is 0 Å². The molecule has 0 aromatic rings. The standard InChI is InChI=1S/C9H19Si.2C4H9.Al/c1-5-6-7-8-9-10(2,3)4;2*1-4(2)3;/h8H,5-7H2,1-4H3;2*4H,1H2,2-3H3;. The number of unbranched alkanes of at least 4 members (excludes halogenated alkanes) is 2. The number of allylic oxidation sites excluding steroid dienone is 1. The van der Waals surface area contributed by atoms with E-state index in [2.05, 4.69) is 60.3 Å². The highest BCUT2D eigenvalue weighted by Crippen LogP contribution is 2.28. The molecule has 0 radical (unpaired) electrons. The fraction of sp³-hybridized carbons (Fsp3) is 0.882. The number of hydrogen-bond donors (Lipinski definition) is 0. The van der Waals surface area contributed by atoms with E-state index in [0.717, 1.165) is 11.8 Å². The molecule has 0 fully saturated rings. The smallest absolute Gasteiger partial charge is 0.144 e. The van der Waals surface area contributed by atoms with Gasteiger partial charge in [0, 0.05) is 0 Å². The molecule has 0 amide bonds. The second-order valence-electron chi connectivity index (χ2n) is 8.01. The predicted octanol–water partition coefficient (Wildman–Crippen LogP) is 6.33. The van der Waals surface area contributed by atoms with Crippen LogP contribution in [0.5, 0.6) is 0 Å². The molecule has 19 heavy (non-hydrogen) atoms. The molecule has 0 aliphatic heterocycles. The van der Waals surface area contributed by atoms with Crippen LogP contribution in [-0.2, 0) is 0 Å².